The Morgan fingerprint density at radius 1 is 1.16 bits per heavy atom. The van der Waals surface area contributed by atoms with Crippen LogP contribution in [0.25, 0.3) is 22.3 Å². The fourth-order valence-electron chi connectivity index (χ4n) is 2.35. The highest BCUT2D eigenvalue weighted by atomic mass is 31.2. The van der Waals surface area contributed by atoms with Crippen LogP contribution >= 0.6 is 7.37 Å². The average Bonchev–Trinajstić information content (AvgIpc) is 2.55. The van der Waals surface area contributed by atoms with E-state index in [1.165, 1.54) is 6.07 Å². The van der Waals surface area contributed by atoms with E-state index < -0.39 is 24.9 Å². The summed E-state index contributed by atoms with van der Waals surface area (Å²) in [5, 5.41) is 19.9. The number of benzene rings is 2. The molecule has 1 heterocycles. The summed E-state index contributed by atoms with van der Waals surface area (Å²) in [4.78, 5) is 21.9. The zero-order valence-corrected chi connectivity index (χ0v) is 14.1. The lowest BCUT2D eigenvalue weighted by Crippen LogP contribution is -2.06. The minimum atomic E-state index is -3.51. The molecule has 0 amide bonds. The van der Waals surface area contributed by atoms with E-state index in [-0.39, 0.29) is 28.2 Å². The molecular formula is C17H15O7P. The predicted octanol–water partition coefficient (Wildman–Crippen LogP) is 3.11. The van der Waals surface area contributed by atoms with Gasteiger partial charge in [0.2, 0.25) is 18.5 Å². The van der Waals surface area contributed by atoms with Gasteiger partial charge in [0, 0.05) is 24.4 Å². The van der Waals surface area contributed by atoms with E-state index in [1.54, 1.807) is 30.3 Å². The molecule has 130 valence electrons. The van der Waals surface area contributed by atoms with Crippen molar-refractivity contribution in [1.82, 2.24) is 0 Å². The van der Waals surface area contributed by atoms with Crippen LogP contribution in [0.15, 0.2) is 51.7 Å². The first-order valence-electron chi connectivity index (χ1n) is 7.26. The largest absolute Gasteiger partial charge is 0.508 e. The van der Waals surface area contributed by atoms with Crippen LogP contribution in [0.5, 0.6) is 17.2 Å². The van der Waals surface area contributed by atoms with Crippen LogP contribution in [0.2, 0.25) is 0 Å². The summed E-state index contributed by atoms with van der Waals surface area (Å²) in [6.07, 6.45) is -0.549. The Labute approximate surface area is 142 Å². The zero-order chi connectivity index (χ0) is 18.2. The molecule has 2 aromatic carbocycles. The molecule has 1 unspecified atom stereocenters. The summed E-state index contributed by atoms with van der Waals surface area (Å²) in [6, 6.07) is 10.9. The maximum atomic E-state index is 12.6. The summed E-state index contributed by atoms with van der Waals surface area (Å²) in [5.41, 5.74) is -0.294. The van der Waals surface area contributed by atoms with Crippen molar-refractivity contribution < 1.29 is 28.8 Å². The van der Waals surface area contributed by atoms with Gasteiger partial charge in [0.05, 0.1) is 0 Å². The highest BCUT2D eigenvalue weighted by Crippen LogP contribution is 2.39. The molecule has 0 fully saturated rings. The molecule has 0 spiro atoms. The van der Waals surface area contributed by atoms with Gasteiger partial charge in [-0.2, -0.15) is 0 Å². The first-order valence-corrected chi connectivity index (χ1v) is 9.56. The lowest BCUT2D eigenvalue weighted by atomic mass is 10.1. The highest BCUT2D eigenvalue weighted by molar-refractivity contribution is 7.56. The molecule has 0 saturated heterocycles. The molecule has 0 bridgehead atoms. The fourth-order valence-corrected chi connectivity index (χ4v) is 2.73. The van der Waals surface area contributed by atoms with Crippen molar-refractivity contribution in [1.29, 1.82) is 0 Å². The molecule has 25 heavy (non-hydrogen) atoms. The summed E-state index contributed by atoms with van der Waals surface area (Å²) < 4.78 is 22.2. The van der Waals surface area contributed by atoms with Crippen LogP contribution in [0.4, 0.5) is 0 Å². The van der Waals surface area contributed by atoms with Gasteiger partial charge < -0.3 is 24.3 Å². The van der Waals surface area contributed by atoms with Crippen LogP contribution in [0.1, 0.15) is 0 Å². The molecule has 0 saturated carbocycles. The first-order chi connectivity index (χ1) is 11.8. The van der Waals surface area contributed by atoms with Gasteiger partial charge in [0.1, 0.15) is 22.5 Å². The minimum absolute atomic E-state index is 0.0134. The molecule has 1 aromatic heterocycles. The number of rotatable bonds is 4. The van der Waals surface area contributed by atoms with Gasteiger partial charge in [0.25, 0.3) is 0 Å². The lowest BCUT2D eigenvalue weighted by molar-refractivity contribution is 0.352. The SMILES string of the molecule is CP(=O)(O)COc1cc(O)cc2oc(-c3ccccc3)c(O)c(=O)c12. The second-order valence-corrected chi connectivity index (χ2v) is 7.98. The number of ether oxygens (including phenoxy) is 1. The Morgan fingerprint density at radius 2 is 1.84 bits per heavy atom. The van der Waals surface area contributed by atoms with Gasteiger partial charge in [0.15, 0.2) is 12.1 Å². The van der Waals surface area contributed by atoms with E-state index in [9.17, 15) is 24.5 Å². The van der Waals surface area contributed by atoms with Crippen molar-refractivity contribution in [3.05, 3.63) is 52.7 Å². The van der Waals surface area contributed by atoms with Gasteiger partial charge in [-0.3, -0.25) is 9.36 Å². The van der Waals surface area contributed by atoms with E-state index in [0.717, 1.165) is 12.7 Å². The second-order valence-electron chi connectivity index (χ2n) is 5.62. The number of hydrogen-bond donors (Lipinski definition) is 3. The summed E-state index contributed by atoms with van der Waals surface area (Å²) >= 11 is 0. The van der Waals surface area contributed by atoms with Crippen LogP contribution in [-0.4, -0.2) is 28.1 Å². The number of phenolic OH excluding ortho intramolecular Hbond substituents is 1. The van der Waals surface area contributed by atoms with E-state index in [0.29, 0.717) is 5.56 Å². The van der Waals surface area contributed by atoms with Gasteiger partial charge in [-0.05, 0) is 0 Å². The molecule has 0 aliphatic rings. The zero-order valence-electron chi connectivity index (χ0n) is 13.2. The molecule has 3 aromatic rings. The highest BCUT2D eigenvalue weighted by Gasteiger charge is 2.21. The molecular weight excluding hydrogens is 347 g/mol. The fraction of sp³-hybridized carbons (Fsp3) is 0.118. The van der Waals surface area contributed by atoms with Gasteiger partial charge >= 0.3 is 0 Å². The average molecular weight is 362 g/mol. The molecule has 0 aliphatic heterocycles. The minimum Gasteiger partial charge on any atom is -0.508 e. The molecule has 0 aliphatic carbocycles. The van der Waals surface area contributed by atoms with Crippen LogP contribution in [-0.2, 0) is 4.57 Å². The molecule has 1 atom stereocenters. The third-order valence-corrected chi connectivity index (χ3v) is 4.02. The Kier molecular flexibility index (Phi) is 4.29. The normalized spacial score (nSPS) is 13.5. The van der Waals surface area contributed by atoms with Gasteiger partial charge in [-0.15, -0.1) is 0 Å². The lowest BCUT2D eigenvalue weighted by Gasteiger charge is -2.12. The smallest absolute Gasteiger partial charge is 0.238 e. The van der Waals surface area contributed by atoms with Crippen molar-refractivity contribution in [2.24, 2.45) is 0 Å². The molecule has 0 radical (unpaired) electrons. The third kappa shape index (κ3) is 3.52. The molecule has 7 nitrogen and oxygen atoms in total. The first kappa shape index (κ1) is 17.1. The van der Waals surface area contributed by atoms with Crippen LogP contribution in [0.3, 0.4) is 0 Å². The van der Waals surface area contributed by atoms with Crippen LogP contribution < -0.4 is 10.2 Å². The van der Waals surface area contributed by atoms with Crippen molar-refractivity contribution >= 4 is 18.3 Å². The van der Waals surface area contributed by atoms with Crippen molar-refractivity contribution in [2.75, 3.05) is 13.0 Å². The van der Waals surface area contributed by atoms with E-state index >= 15 is 0 Å². The van der Waals surface area contributed by atoms with Crippen molar-refractivity contribution in [2.45, 2.75) is 0 Å². The maximum Gasteiger partial charge on any atom is 0.238 e. The standard InChI is InChI=1S/C17H15O7P/c1-25(21,22)9-23-12-7-11(18)8-13-14(12)15(19)16(20)17(24-13)10-5-3-2-4-6-10/h2-8,18,20H,9H2,1H3,(H,21,22). The van der Waals surface area contributed by atoms with Crippen molar-refractivity contribution in [3.8, 4) is 28.6 Å². The Balaban J connectivity index is 2.23. The molecule has 3 rings (SSSR count). The summed E-state index contributed by atoms with van der Waals surface area (Å²) in [5.74, 6) is -1.05. The number of hydrogen-bond acceptors (Lipinski definition) is 6. The Morgan fingerprint density at radius 3 is 2.48 bits per heavy atom. The Hall–Kier alpha value is -2.76. The van der Waals surface area contributed by atoms with Crippen molar-refractivity contribution in [3.63, 3.8) is 0 Å². The number of aromatic hydroxyl groups is 2. The molecule has 3 N–H and O–H groups in total. The van der Waals surface area contributed by atoms with E-state index in [4.69, 9.17) is 9.15 Å². The third-order valence-electron chi connectivity index (χ3n) is 3.42. The summed E-state index contributed by atoms with van der Waals surface area (Å²) in [6.45, 7) is 1.10. The predicted molar refractivity (Wildman–Crippen MR) is 92.5 cm³/mol. The number of fused-ring (bicyclic) bond motifs is 1. The van der Waals surface area contributed by atoms with Gasteiger partial charge in [-0.25, -0.2) is 0 Å². The topological polar surface area (TPSA) is 117 Å². The van der Waals surface area contributed by atoms with E-state index in [2.05, 4.69) is 0 Å². The summed E-state index contributed by atoms with van der Waals surface area (Å²) in [7, 11) is -3.51. The quantitative estimate of drug-likeness (QED) is 0.611. The monoisotopic (exact) mass is 362 g/mol. The maximum absolute atomic E-state index is 12.6. The molecule has 8 heteroatoms. The van der Waals surface area contributed by atoms with Crippen LogP contribution in [0, 0.1) is 0 Å². The second kappa shape index (κ2) is 6.27. The van der Waals surface area contributed by atoms with Gasteiger partial charge in [-0.1, -0.05) is 30.3 Å². The Bertz CT molecular complexity index is 1030. The van der Waals surface area contributed by atoms with E-state index in [1.807, 2.05) is 0 Å². The number of phenols is 1.